The van der Waals surface area contributed by atoms with Crippen LogP contribution < -0.4 is 0 Å². The molecular weight excluding hydrogens is 335 g/mol. The molecule has 0 aliphatic heterocycles. The molecule has 2 aromatic rings. The van der Waals surface area contributed by atoms with Crippen molar-refractivity contribution in [2.45, 2.75) is 11.8 Å². The van der Waals surface area contributed by atoms with Crippen LogP contribution in [0, 0.1) is 0 Å². The smallest absolute Gasteiger partial charge is 0.0934 e. The molecule has 2 rings (SSSR count). The van der Waals surface area contributed by atoms with Crippen LogP contribution in [0.2, 0.25) is 0 Å². The minimum absolute atomic E-state index is 0.285. The van der Waals surface area contributed by atoms with Gasteiger partial charge in [-0.25, -0.2) is 0 Å². The second-order valence-electron chi connectivity index (χ2n) is 4.34. The van der Waals surface area contributed by atoms with E-state index in [0.29, 0.717) is 11.8 Å². The maximum atomic E-state index is 6.21. The Balaban J connectivity index is 2.40. The number of hydrogen-bond donors (Lipinski definition) is 0. The lowest BCUT2D eigenvalue weighted by Gasteiger charge is -2.30. The van der Waals surface area contributed by atoms with E-state index in [1.54, 1.807) is 12.5 Å². The molecule has 0 aliphatic carbocycles. The van der Waals surface area contributed by atoms with E-state index >= 15 is 0 Å². The topological polar surface area (TPSA) is 13.1 Å². The summed E-state index contributed by atoms with van der Waals surface area (Å²) in [6, 6.07) is 10.0. The van der Waals surface area contributed by atoms with Gasteiger partial charge in [-0.1, -0.05) is 34.1 Å². The third-order valence-electron chi connectivity index (χ3n) is 3.08. The van der Waals surface area contributed by atoms with Gasteiger partial charge in [-0.3, -0.25) is 0 Å². The first-order chi connectivity index (χ1) is 8.72. The predicted molar refractivity (Wildman–Crippen MR) is 79.7 cm³/mol. The van der Waals surface area contributed by atoms with Crippen LogP contribution in [0.3, 0.4) is 0 Å². The monoisotopic (exact) mass is 346 g/mol. The molecule has 0 N–H and O–H groups in total. The van der Waals surface area contributed by atoms with Crippen molar-refractivity contribution in [2.75, 3.05) is 11.8 Å². The molecule has 4 heteroatoms. The first-order valence-corrected chi connectivity index (χ1v) is 7.46. The van der Waals surface area contributed by atoms with Gasteiger partial charge in [0.25, 0.3) is 0 Å². The van der Waals surface area contributed by atoms with Crippen LogP contribution in [0.25, 0.3) is 0 Å². The Kier molecular flexibility index (Phi) is 4.77. The summed E-state index contributed by atoms with van der Waals surface area (Å²) in [6.45, 7) is 0. The Morgan fingerprint density at radius 2 is 1.83 bits per heavy atom. The molecule has 0 atom stereocenters. The quantitative estimate of drug-likeness (QED) is 0.693. The molecule has 0 bridgehead atoms. The van der Waals surface area contributed by atoms with Crippen molar-refractivity contribution in [3.8, 4) is 0 Å². The molecule has 1 aromatic heterocycles. The lowest BCUT2D eigenvalue weighted by molar-refractivity contribution is 0.520. The van der Waals surface area contributed by atoms with Crippen molar-refractivity contribution in [2.24, 2.45) is 0 Å². The summed E-state index contributed by atoms with van der Waals surface area (Å²) in [5, 5.41) is 0. The number of alkyl halides is 2. The first kappa shape index (κ1) is 14.0. The maximum absolute atomic E-state index is 6.21. The van der Waals surface area contributed by atoms with Gasteiger partial charge in [0.15, 0.2) is 0 Å². The van der Waals surface area contributed by atoms with Gasteiger partial charge < -0.3 is 4.42 Å². The van der Waals surface area contributed by atoms with Gasteiger partial charge in [0, 0.05) is 21.6 Å². The van der Waals surface area contributed by atoms with Crippen LogP contribution >= 0.6 is 39.1 Å². The summed E-state index contributed by atoms with van der Waals surface area (Å²) in [5.41, 5.74) is 1.95. The minimum Gasteiger partial charge on any atom is -0.472 e. The number of halogens is 3. The summed E-state index contributed by atoms with van der Waals surface area (Å²) in [4.78, 5) is 0. The van der Waals surface area contributed by atoms with Crippen LogP contribution in [0.1, 0.15) is 11.1 Å². The minimum atomic E-state index is -0.285. The van der Waals surface area contributed by atoms with E-state index in [2.05, 4.69) is 22.0 Å². The normalized spacial score (nSPS) is 11.7. The molecule has 0 saturated heterocycles. The van der Waals surface area contributed by atoms with Gasteiger partial charge in [0.05, 0.1) is 12.5 Å². The molecule has 0 radical (unpaired) electrons. The Morgan fingerprint density at radius 1 is 1.11 bits per heavy atom. The van der Waals surface area contributed by atoms with Crippen LogP contribution in [0.15, 0.2) is 51.7 Å². The van der Waals surface area contributed by atoms with Gasteiger partial charge in [-0.15, -0.1) is 23.2 Å². The molecule has 18 heavy (non-hydrogen) atoms. The summed E-state index contributed by atoms with van der Waals surface area (Å²) < 4.78 is 6.15. The fourth-order valence-corrected chi connectivity index (χ4v) is 3.51. The predicted octanol–water partition coefficient (Wildman–Crippen LogP) is 5.00. The zero-order valence-corrected chi connectivity index (χ0v) is 12.8. The van der Waals surface area contributed by atoms with Gasteiger partial charge in [-0.2, -0.15) is 0 Å². The Labute approximate surface area is 125 Å². The van der Waals surface area contributed by atoms with Crippen molar-refractivity contribution in [1.29, 1.82) is 0 Å². The fourth-order valence-electron chi connectivity index (χ4n) is 2.04. The van der Waals surface area contributed by atoms with E-state index in [1.165, 1.54) is 0 Å². The van der Waals surface area contributed by atoms with E-state index in [4.69, 9.17) is 27.6 Å². The van der Waals surface area contributed by atoms with E-state index < -0.39 is 0 Å². The zero-order chi connectivity index (χ0) is 13.0. The molecule has 1 aromatic carbocycles. The van der Waals surface area contributed by atoms with Crippen LogP contribution in [-0.2, 0) is 11.8 Å². The fraction of sp³-hybridized carbons (Fsp3) is 0.286. The second kappa shape index (κ2) is 6.14. The van der Waals surface area contributed by atoms with Crippen molar-refractivity contribution < 1.29 is 4.42 Å². The molecule has 96 valence electrons. The molecule has 0 unspecified atom stereocenters. The Bertz CT molecular complexity index is 492. The molecule has 1 nitrogen and oxygen atoms in total. The van der Waals surface area contributed by atoms with Gasteiger partial charge in [0.1, 0.15) is 0 Å². The summed E-state index contributed by atoms with van der Waals surface area (Å²) in [6.07, 6.45) is 4.17. The molecule has 0 spiro atoms. The van der Waals surface area contributed by atoms with Crippen LogP contribution in [-0.4, -0.2) is 11.8 Å². The highest BCUT2D eigenvalue weighted by Gasteiger charge is 2.33. The van der Waals surface area contributed by atoms with Crippen LogP contribution in [0.5, 0.6) is 0 Å². The van der Waals surface area contributed by atoms with Gasteiger partial charge in [-0.05, 0) is 29.7 Å². The average molecular weight is 348 g/mol. The lowest BCUT2D eigenvalue weighted by atomic mass is 9.79. The van der Waals surface area contributed by atoms with E-state index in [0.717, 1.165) is 22.0 Å². The van der Waals surface area contributed by atoms with Crippen molar-refractivity contribution in [3.63, 3.8) is 0 Å². The number of hydrogen-bond acceptors (Lipinski definition) is 1. The largest absolute Gasteiger partial charge is 0.472 e. The zero-order valence-electron chi connectivity index (χ0n) is 9.70. The maximum Gasteiger partial charge on any atom is 0.0934 e. The molecule has 0 aliphatic rings. The lowest BCUT2D eigenvalue weighted by Crippen LogP contribution is -2.33. The van der Waals surface area contributed by atoms with Gasteiger partial charge >= 0.3 is 0 Å². The standard InChI is InChI=1S/C14H13BrCl2O/c15-13-4-2-1-3-12(13)14(9-16,10-17)7-11-5-6-18-8-11/h1-6,8H,7,9-10H2. The highest BCUT2D eigenvalue weighted by atomic mass is 79.9. The molecule has 1 heterocycles. The molecule has 0 fully saturated rings. The second-order valence-corrected chi connectivity index (χ2v) is 5.72. The third-order valence-corrected chi connectivity index (χ3v) is 4.79. The van der Waals surface area contributed by atoms with Crippen LogP contribution in [0.4, 0.5) is 0 Å². The van der Waals surface area contributed by atoms with Crippen molar-refractivity contribution in [3.05, 3.63) is 58.5 Å². The highest BCUT2D eigenvalue weighted by molar-refractivity contribution is 9.10. The average Bonchev–Trinajstić information content (AvgIpc) is 2.90. The molecule has 0 saturated carbocycles. The molecular formula is C14H13BrCl2O. The van der Waals surface area contributed by atoms with E-state index in [1.807, 2.05) is 24.3 Å². The summed E-state index contributed by atoms with van der Waals surface area (Å²) >= 11 is 16.0. The number of furan rings is 1. The van der Waals surface area contributed by atoms with E-state index in [-0.39, 0.29) is 5.41 Å². The summed E-state index contributed by atoms with van der Waals surface area (Å²) in [5.74, 6) is 0.925. The Hall–Kier alpha value is -0.440. The van der Waals surface area contributed by atoms with Crippen molar-refractivity contribution in [1.82, 2.24) is 0 Å². The number of benzene rings is 1. The van der Waals surface area contributed by atoms with E-state index in [9.17, 15) is 0 Å². The van der Waals surface area contributed by atoms with Gasteiger partial charge in [0.2, 0.25) is 0 Å². The summed E-state index contributed by atoms with van der Waals surface area (Å²) in [7, 11) is 0. The third kappa shape index (κ3) is 2.76. The SMILES string of the molecule is ClCC(CCl)(Cc1ccoc1)c1ccccc1Br. The Morgan fingerprint density at radius 3 is 2.39 bits per heavy atom. The first-order valence-electron chi connectivity index (χ1n) is 5.60. The number of rotatable bonds is 5. The van der Waals surface area contributed by atoms with Crippen molar-refractivity contribution >= 4 is 39.1 Å². The highest BCUT2D eigenvalue weighted by Crippen LogP contribution is 2.36. The molecule has 0 amide bonds.